The predicted molar refractivity (Wildman–Crippen MR) is 83.6 cm³/mol. The maximum atomic E-state index is 5.95. The molecular weight excluding hydrogens is 302 g/mol. The van der Waals surface area contributed by atoms with Crippen LogP contribution >= 0.6 is 15.9 Å². The minimum absolute atomic E-state index is 0.719. The molecule has 0 unspecified atom stereocenters. The Labute approximate surface area is 119 Å². The topological polar surface area (TPSA) is 50.9 Å². The third-order valence-electron chi connectivity index (χ3n) is 2.91. The molecule has 94 valence electrons. The molecule has 0 amide bonds. The van der Waals surface area contributed by atoms with Gasteiger partial charge in [-0.25, -0.2) is 0 Å². The van der Waals surface area contributed by atoms with Gasteiger partial charge in [0.15, 0.2) is 0 Å². The van der Waals surface area contributed by atoms with Crippen LogP contribution in [0.1, 0.15) is 0 Å². The zero-order valence-corrected chi connectivity index (χ0v) is 11.7. The van der Waals surface area contributed by atoms with Gasteiger partial charge in [0.1, 0.15) is 0 Å². The van der Waals surface area contributed by atoms with E-state index in [2.05, 4.69) is 26.2 Å². The van der Waals surface area contributed by atoms with Crippen molar-refractivity contribution in [1.29, 1.82) is 0 Å². The molecule has 0 radical (unpaired) electrons. The van der Waals surface area contributed by atoms with Crippen LogP contribution < -0.4 is 11.1 Å². The first-order valence-corrected chi connectivity index (χ1v) is 6.69. The Balaban J connectivity index is 2.09. The van der Waals surface area contributed by atoms with Gasteiger partial charge in [-0.2, -0.15) is 0 Å². The number of rotatable bonds is 2. The number of benzene rings is 2. The van der Waals surface area contributed by atoms with Gasteiger partial charge in [-0.15, -0.1) is 0 Å². The van der Waals surface area contributed by atoms with Gasteiger partial charge >= 0.3 is 0 Å². The van der Waals surface area contributed by atoms with E-state index in [0.717, 1.165) is 32.4 Å². The molecule has 3 N–H and O–H groups in total. The highest BCUT2D eigenvalue weighted by molar-refractivity contribution is 9.10. The number of nitrogen functional groups attached to an aromatic ring is 1. The fourth-order valence-electron chi connectivity index (χ4n) is 1.99. The molecule has 0 bridgehead atoms. The number of aromatic nitrogens is 1. The molecule has 3 aromatic rings. The summed E-state index contributed by atoms with van der Waals surface area (Å²) in [6.07, 6.45) is 1.79. The largest absolute Gasteiger partial charge is 0.397 e. The Bertz CT molecular complexity index is 740. The summed E-state index contributed by atoms with van der Waals surface area (Å²) in [5.74, 6) is 0. The number of hydrogen-bond acceptors (Lipinski definition) is 3. The Morgan fingerprint density at radius 3 is 2.63 bits per heavy atom. The summed E-state index contributed by atoms with van der Waals surface area (Å²) in [6.45, 7) is 0. The number of anilines is 3. The molecule has 3 rings (SSSR count). The molecule has 0 saturated heterocycles. The average molecular weight is 314 g/mol. The highest BCUT2D eigenvalue weighted by Gasteiger charge is 2.04. The Morgan fingerprint density at radius 1 is 1.00 bits per heavy atom. The Morgan fingerprint density at radius 2 is 1.79 bits per heavy atom. The van der Waals surface area contributed by atoms with Crippen molar-refractivity contribution in [3.05, 3.63) is 59.2 Å². The fourth-order valence-corrected chi connectivity index (χ4v) is 2.34. The second-order valence-electron chi connectivity index (χ2n) is 4.24. The van der Waals surface area contributed by atoms with Crippen LogP contribution in [0.5, 0.6) is 0 Å². The summed E-state index contributed by atoms with van der Waals surface area (Å²) < 4.78 is 0.969. The van der Waals surface area contributed by atoms with E-state index in [4.69, 9.17) is 5.73 Å². The number of hydrogen-bond donors (Lipinski definition) is 2. The van der Waals surface area contributed by atoms with E-state index in [-0.39, 0.29) is 0 Å². The third-order valence-corrected chi connectivity index (χ3v) is 3.34. The molecule has 0 aliphatic heterocycles. The number of pyridine rings is 1. The third kappa shape index (κ3) is 2.39. The van der Waals surface area contributed by atoms with Gasteiger partial charge in [0.05, 0.1) is 22.6 Å². The van der Waals surface area contributed by atoms with Crippen LogP contribution in [-0.2, 0) is 0 Å². The quantitative estimate of drug-likeness (QED) is 0.693. The van der Waals surface area contributed by atoms with Crippen LogP contribution in [0.25, 0.3) is 10.9 Å². The van der Waals surface area contributed by atoms with Crippen molar-refractivity contribution in [3.8, 4) is 0 Å². The second kappa shape index (κ2) is 4.90. The Hall–Kier alpha value is -2.07. The van der Waals surface area contributed by atoms with Crippen molar-refractivity contribution in [2.45, 2.75) is 0 Å². The Kier molecular flexibility index (Phi) is 3.09. The zero-order valence-electron chi connectivity index (χ0n) is 10.1. The van der Waals surface area contributed by atoms with Gasteiger partial charge in [-0.3, -0.25) is 4.98 Å². The van der Waals surface area contributed by atoms with Crippen LogP contribution in [0.15, 0.2) is 59.2 Å². The molecule has 19 heavy (non-hydrogen) atoms. The molecule has 1 heterocycles. The SMILES string of the molecule is Nc1ccccc1Nc1cccc2cc(Br)cnc12. The van der Waals surface area contributed by atoms with Crippen LogP contribution in [0.4, 0.5) is 17.1 Å². The predicted octanol–water partition coefficient (Wildman–Crippen LogP) is 4.32. The molecule has 3 nitrogen and oxygen atoms in total. The minimum atomic E-state index is 0.719. The molecule has 0 saturated carbocycles. The van der Waals surface area contributed by atoms with Crippen molar-refractivity contribution in [2.75, 3.05) is 11.1 Å². The number of fused-ring (bicyclic) bond motifs is 1. The first-order chi connectivity index (χ1) is 9.24. The van der Waals surface area contributed by atoms with Crippen LogP contribution in [0.2, 0.25) is 0 Å². The van der Waals surface area contributed by atoms with Crippen LogP contribution in [-0.4, -0.2) is 4.98 Å². The lowest BCUT2D eigenvalue weighted by atomic mass is 10.2. The normalized spacial score (nSPS) is 10.6. The molecular formula is C15H12BrN3. The monoisotopic (exact) mass is 313 g/mol. The molecule has 0 spiro atoms. The zero-order chi connectivity index (χ0) is 13.2. The van der Waals surface area contributed by atoms with Gasteiger partial charge < -0.3 is 11.1 Å². The number of nitrogens with one attached hydrogen (secondary N) is 1. The summed E-state index contributed by atoms with van der Waals surface area (Å²) in [5.41, 5.74) is 9.43. The molecule has 4 heteroatoms. The average Bonchev–Trinajstić information content (AvgIpc) is 2.41. The van der Waals surface area contributed by atoms with Gasteiger partial charge in [-0.1, -0.05) is 24.3 Å². The van der Waals surface area contributed by atoms with E-state index in [1.165, 1.54) is 0 Å². The number of para-hydroxylation sites is 3. The lowest BCUT2D eigenvalue weighted by Crippen LogP contribution is -1.97. The van der Waals surface area contributed by atoms with Gasteiger partial charge in [0, 0.05) is 16.1 Å². The molecule has 0 aliphatic carbocycles. The minimum Gasteiger partial charge on any atom is -0.397 e. The molecule has 0 atom stereocenters. The number of nitrogens with two attached hydrogens (primary N) is 1. The summed E-state index contributed by atoms with van der Waals surface area (Å²) in [7, 11) is 0. The van der Waals surface area contributed by atoms with E-state index in [1.807, 2.05) is 48.5 Å². The lowest BCUT2D eigenvalue weighted by Gasteiger charge is -2.11. The highest BCUT2D eigenvalue weighted by Crippen LogP contribution is 2.28. The van der Waals surface area contributed by atoms with Gasteiger partial charge in [-0.05, 0) is 40.2 Å². The molecule has 0 fully saturated rings. The second-order valence-corrected chi connectivity index (χ2v) is 5.16. The van der Waals surface area contributed by atoms with E-state index < -0.39 is 0 Å². The first-order valence-electron chi connectivity index (χ1n) is 5.90. The standard InChI is InChI=1S/C15H12BrN3/c16-11-8-10-4-3-7-14(15(10)18-9-11)19-13-6-2-1-5-12(13)17/h1-9,19H,17H2. The van der Waals surface area contributed by atoms with E-state index in [1.54, 1.807) is 6.20 Å². The van der Waals surface area contributed by atoms with E-state index in [0.29, 0.717) is 0 Å². The van der Waals surface area contributed by atoms with Crippen molar-refractivity contribution >= 4 is 43.9 Å². The van der Waals surface area contributed by atoms with Crippen molar-refractivity contribution < 1.29 is 0 Å². The maximum absolute atomic E-state index is 5.95. The van der Waals surface area contributed by atoms with Crippen molar-refractivity contribution in [3.63, 3.8) is 0 Å². The number of halogens is 1. The molecule has 0 aliphatic rings. The maximum Gasteiger partial charge on any atom is 0.0937 e. The summed E-state index contributed by atoms with van der Waals surface area (Å²) in [6, 6.07) is 15.8. The van der Waals surface area contributed by atoms with Crippen molar-refractivity contribution in [2.24, 2.45) is 0 Å². The van der Waals surface area contributed by atoms with Gasteiger partial charge in [0.25, 0.3) is 0 Å². The molecule has 2 aromatic carbocycles. The summed E-state index contributed by atoms with van der Waals surface area (Å²) in [4.78, 5) is 4.46. The van der Waals surface area contributed by atoms with Crippen molar-refractivity contribution in [1.82, 2.24) is 4.98 Å². The van der Waals surface area contributed by atoms with E-state index in [9.17, 15) is 0 Å². The lowest BCUT2D eigenvalue weighted by molar-refractivity contribution is 1.38. The fraction of sp³-hybridized carbons (Fsp3) is 0. The summed E-state index contributed by atoms with van der Waals surface area (Å²) in [5, 5.41) is 4.41. The highest BCUT2D eigenvalue weighted by atomic mass is 79.9. The van der Waals surface area contributed by atoms with Crippen LogP contribution in [0.3, 0.4) is 0 Å². The van der Waals surface area contributed by atoms with Crippen LogP contribution in [0, 0.1) is 0 Å². The smallest absolute Gasteiger partial charge is 0.0937 e. The molecule has 1 aromatic heterocycles. The van der Waals surface area contributed by atoms with Gasteiger partial charge in [0.2, 0.25) is 0 Å². The van der Waals surface area contributed by atoms with E-state index >= 15 is 0 Å². The first kappa shape index (κ1) is 12.0. The number of nitrogens with zero attached hydrogens (tertiary/aromatic N) is 1. The summed E-state index contributed by atoms with van der Waals surface area (Å²) >= 11 is 3.43.